The third kappa shape index (κ3) is 3.96. The average Bonchev–Trinajstić information content (AvgIpc) is 2.36. The highest BCUT2D eigenvalue weighted by Gasteiger charge is 2.10. The smallest absolute Gasteiger partial charge is 0.187 e. The monoisotopic (exact) mass is 266 g/mol. The van der Waals surface area contributed by atoms with Crippen LogP contribution in [0.2, 0.25) is 0 Å². The number of allylic oxidation sites excluding steroid dienone is 3. The van der Waals surface area contributed by atoms with Crippen LogP contribution in [0.3, 0.4) is 0 Å². The summed E-state index contributed by atoms with van der Waals surface area (Å²) >= 11 is 1.42. The van der Waals surface area contributed by atoms with Crippen LogP contribution < -0.4 is 5.73 Å². The molecule has 1 heterocycles. The standard InChI is InChI=1S/C12H15FN4S/c1-4-5-10(14)11(17-8(2)13)9-6-15-12(18-3)16-7-9/h4-8H,1,14H2,2-3H3/b10-5+,17-11?. The van der Waals surface area contributed by atoms with Gasteiger partial charge in [0.15, 0.2) is 11.5 Å². The first-order valence-electron chi connectivity index (χ1n) is 5.25. The molecule has 18 heavy (non-hydrogen) atoms. The predicted molar refractivity (Wildman–Crippen MR) is 73.4 cm³/mol. The van der Waals surface area contributed by atoms with Gasteiger partial charge in [0.25, 0.3) is 0 Å². The Morgan fingerprint density at radius 2 is 2.17 bits per heavy atom. The van der Waals surface area contributed by atoms with Crippen molar-refractivity contribution in [3.63, 3.8) is 0 Å². The Morgan fingerprint density at radius 3 is 2.61 bits per heavy atom. The van der Waals surface area contributed by atoms with Crippen LogP contribution in [0, 0.1) is 0 Å². The molecule has 0 amide bonds. The Hall–Kier alpha value is -1.69. The molecule has 1 aromatic rings. The number of nitrogens with zero attached hydrogens (tertiary/aromatic N) is 3. The summed E-state index contributed by atoms with van der Waals surface area (Å²) in [6.45, 7) is 4.88. The molecule has 0 bridgehead atoms. The fourth-order valence-electron chi connectivity index (χ4n) is 1.24. The van der Waals surface area contributed by atoms with E-state index in [0.717, 1.165) is 0 Å². The first-order valence-corrected chi connectivity index (χ1v) is 6.47. The summed E-state index contributed by atoms with van der Waals surface area (Å²) in [5, 5.41) is 0.637. The zero-order chi connectivity index (χ0) is 13.5. The maximum absolute atomic E-state index is 13.0. The molecule has 0 aliphatic heterocycles. The predicted octanol–water partition coefficient (Wildman–Crippen LogP) is 2.33. The molecule has 0 aliphatic carbocycles. The summed E-state index contributed by atoms with van der Waals surface area (Å²) in [7, 11) is 0. The quantitative estimate of drug-likeness (QED) is 0.292. The van der Waals surface area contributed by atoms with Gasteiger partial charge in [0.2, 0.25) is 0 Å². The molecule has 1 aromatic heterocycles. The summed E-state index contributed by atoms with van der Waals surface area (Å²) in [5.41, 5.74) is 7.05. The van der Waals surface area contributed by atoms with Crippen molar-refractivity contribution in [2.45, 2.75) is 18.4 Å². The minimum absolute atomic E-state index is 0.329. The van der Waals surface area contributed by atoms with E-state index >= 15 is 0 Å². The summed E-state index contributed by atoms with van der Waals surface area (Å²) in [5.74, 6) is 0. The van der Waals surface area contributed by atoms with Gasteiger partial charge in [-0.1, -0.05) is 24.4 Å². The third-order valence-corrected chi connectivity index (χ3v) is 2.54. The third-order valence-electron chi connectivity index (χ3n) is 1.96. The fraction of sp³-hybridized carbons (Fsp3) is 0.250. The number of aromatic nitrogens is 2. The summed E-state index contributed by atoms with van der Waals surface area (Å²) < 4.78 is 13.0. The molecule has 0 saturated carbocycles. The molecule has 0 radical (unpaired) electrons. The van der Waals surface area contributed by atoms with Gasteiger partial charge in [-0.3, -0.25) is 0 Å². The summed E-state index contributed by atoms with van der Waals surface area (Å²) in [6.07, 6.45) is 6.75. The Balaban J connectivity index is 3.17. The molecule has 96 valence electrons. The van der Waals surface area contributed by atoms with Crippen molar-refractivity contribution in [2.24, 2.45) is 10.7 Å². The van der Waals surface area contributed by atoms with Gasteiger partial charge in [0, 0.05) is 18.0 Å². The second-order valence-electron chi connectivity index (χ2n) is 3.37. The van der Waals surface area contributed by atoms with Gasteiger partial charge >= 0.3 is 0 Å². The molecule has 0 spiro atoms. The zero-order valence-corrected chi connectivity index (χ0v) is 11.1. The van der Waals surface area contributed by atoms with Crippen LogP contribution in [-0.4, -0.2) is 28.2 Å². The Morgan fingerprint density at radius 1 is 1.56 bits per heavy atom. The van der Waals surface area contributed by atoms with Gasteiger partial charge in [-0.25, -0.2) is 19.4 Å². The fourth-order valence-corrected chi connectivity index (χ4v) is 1.56. The normalized spacial score (nSPS) is 14.4. The number of aliphatic imine (C=N–C) groups is 1. The van der Waals surface area contributed by atoms with E-state index in [4.69, 9.17) is 5.73 Å². The zero-order valence-electron chi connectivity index (χ0n) is 10.3. The van der Waals surface area contributed by atoms with E-state index < -0.39 is 6.30 Å². The SMILES string of the molecule is C=C/C=C(/N)C(=NC(C)F)c1cnc(SC)nc1. The highest BCUT2D eigenvalue weighted by atomic mass is 32.2. The summed E-state index contributed by atoms with van der Waals surface area (Å²) in [4.78, 5) is 12.1. The lowest BCUT2D eigenvalue weighted by Gasteiger charge is -2.07. The first kappa shape index (κ1) is 14.4. The second-order valence-corrected chi connectivity index (χ2v) is 4.14. The van der Waals surface area contributed by atoms with Gasteiger partial charge in [-0.15, -0.1) is 0 Å². The van der Waals surface area contributed by atoms with Crippen LogP contribution in [0.25, 0.3) is 0 Å². The lowest BCUT2D eigenvalue weighted by Crippen LogP contribution is -2.15. The molecule has 0 aromatic carbocycles. The van der Waals surface area contributed by atoms with Crippen molar-refractivity contribution in [2.75, 3.05) is 6.26 Å². The molecule has 6 heteroatoms. The topological polar surface area (TPSA) is 64.2 Å². The largest absolute Gasteiger partial charge is 0.397 e. The molecular formula is C12H15FN4S. The van der Waals surface area contributed by atoms with Crippen molar-refractivity contribution >= 4 is 17.5 Å². The number of alkyl halides is 1. The van der Waals surface area contributed by atoms with E-state index in [1.807, 2.05) is 6.26 Å². The number of thioether (sulfide) groups is 1. The number of hydrogen-bond donors (Lipinski definition) is 1. The van der Waals surface area contributed by atoms with Crippen LogP contribution in [-0.2, 0) is 0 Å². The summed E-state index contributed by atoms with van der Waals surface area (Å²) in [6, 6.07) is 0. The molecule has 0 aliphatic rings. The van der Waals surface area contributed by atoms with Crippen LogP contribution in [0.15, 0.2) is 47.0 Å². The van der Waals surface area contributed by atoms with Crippen molar-refractivity contribution < 1.29 is 4.39 Å². The van der Waals surface area contributed by atoms with E-state index in [0.29, 0.717) is 22.1 Å². The molecular weight excluding hydrogens is 251 g/mol. The van der Waals surface area contributed by atoms with Gasteiger partial charge in [0.05, 0.1) is 11.4 Å². The molecule has 0 saturated heterocycles. The molecule has 2 N–H and O–H groups in total. The van der Waals surface area contributed by atoms with Crippen LogP contribution >= 0.6 is 11.8 Å². The van der Waals surface area contributed by atoms with Crippen molar-refractivity contribution in [1.82, 2.24) is 9.97 Å². The van der Waals surface area contributed by atoms with E-state index in [1.54, 1.807) is 18.5 Å². The van der Waals surface area contributed by atoms with E-state index in [9.17, 15) is 4.39 Å². The Bertz CT molecular complexity index is 465. The van der Waals surface area contributed by atoms with Gasteiger partial charge in [-0.2, -0.15) is 0 Å². The van der Waals surface area contributed by atoms with E-state index in [2.05, 4.69) is 21.5 Å². The van der Waals surface area contributed by atoms with Crippen LogP contribution in [0.5, 0.6) is 0 Å². The first-order chi connectivity index (χ1) is 8.58. The Kier molecular flexibility index (Phi) is 5.51. The minimum atomic E-state index is -1.35. The molecule has 1 atom stereocenters. The van der Waals surface area contributed by atoms with Crippen molar-refractivity contribution in [1.29, 1.82) is 0 Å². The van der Waals surface area contributed by atoms with Crippen molar-refractivity contribution in [3.05, 3.63) is 42.4 Å². The van der Waals surface area contributed by atoms with Crippen molar-refractivity contribution in [3.8, 4) is 0 Å². The van der Waals surface area contributed by atoms with E-state index in [1.165, 1.54) is 24.8 Å². The second kappa shape index (κ2) is 6.90. The van der Waals surface area contributed by atoms with E-state index in [-0.39, 0.29) is 0 Å². The molecule has 1 rings (SSSR count). The number of nitrogens with two attached hydrogens (primary N) is 1. The average molecular weight is 266 g/mol. The lowest BCUT2D eigenvalue weighted by atomic mass is 10.1. The van der Waals surface area contributed by atoms with Crippen LogP contribution in [0.1, 0.15) is 12.5 Å². The minimum Gasteiger partial charge on any atom is -0.397 e. The highest BCUT2D eigenvalue weighted by molar-refractivity contribution is 7.98. The highest BCUT2D eigenvalue weighted by Crippen LogP contribution is 2.11. The molecule has 4 nitrogen and oxygen atoms in total. The molecule has 1 unspecified atom stereocenters. The van der Waals surface area contributed by atoms with Crippen LogP contribution in [0.4, 0.5) is 4.39 Å². The van der Waals surface area contributed by atoms with Gasteiger partial charge in [-0.05, 0) is 19.3 Å². The molecule has 0 fully saturated rings. The van der Waals surface area contributed by atoms with Gasteiger partial charge in [0.1, 0.15) is 0 Å². The number of hydrogen-bond acceptors (Lipinski definition) is 5. The number of halogens is 1. The lowest BCUT2D eigenvalue weighted by molar-refractivity contribution is 0.376. The maximum atomic E-state index is 13.0. The Labute approximate surface area is 110 Å². The maximum Gasteiger partial charge on any atom is 0.187 e. The van der Waals surface area contributed by atoms with Gasteiger partial charge < -0.3 is 5.73 Å². The number of rotatable bonds is 5.